The second kappa shape index (κ2) is 7.00. The molecule has 4 rings (SSSR count). The molecule has 0 aromatic rings. The fourth-order valence-corrected chi connectivity index (χ4v) is 7.20. The van der Waals surface area contributed by atoms with Crippen molar-refractivity contribution in [2.24, 2.45) is 39.9 Å². The molecule has 0 unspecified atom stereocenters. The number of hydrogen-bond acceptors (Lipinski definition) is 6. The number of hydrogen-bond donors (Lipinski definition) is 3. The van der Waals surface area contributed by atoms with E-state index < -0.39 is 41.7 Å². The van der Waals surface area contributed by atoms with Crippen LogP contribution >= 0.6 is 0 Å². The van der Waals surface area contributed by atoms with E-state index in [0.717, 1.165) is 6.42 Å². The van der Waals surface area contributed by atoms with E-state index in [9.17, 15) is 24.9 Å². The van der Waals surface area contributed by atoms with Gasteiger partial charge in [0.05, 0.1) is 18.4 Å². The average Bonchev–Trinajstić information content (AvgIpc) is 3.15. The van der Waals surface area contributed by atoms with Gasteiger partial charge in [-0.05, 0) is 53.1 Å². The van der Waals surface area contributed by atoms with Gasteiger partial charge in [0.15, 0.2) is 17.5 Å². The third-order valence-electron chi connectivity index (χ3n) is 8.82. The zero-order valence-corrected chi connectivity index (χ0v) is 20.3. The first kappa shape index (κ1) is 23.7. The van der Waals surface area contributed by atoms with Gasteiger partial charge < -0.3 is 20.1 Å². The minimum Gasteiger partial charge on any atom is -0.455 e. The molecule has 2 bridgehead atoms. The predicted octanol–water partition coefficient (Wildman–Crippen LogP) is 2.80. The molecule has 0 aromatic heterocycles. The number of fused-ring (bicyclic) bond motifs is 3. The quantitative estimate of drug-likeness (QED) is 0.455. The summed E-state index contributed by atoms with van der Waals surface area (Å²) in [6.45, 7) is 13.3. The predicted molar refractivity (Wildman–Crippen MR) is 119 cm³/mol. The molecular weight excluding hydrogens is 408 g/mol. The lowest BCUT2D eigenvalue weighted by Gasteiger charge is -2.48. The Bertz CT molecular complexity index is 908. The van der Waals surface area contributed by atoms with Crippen molar-refractivity contribution in [2.75, 3.05) is 6.61 Å². The van der Waals surface area contributed by atoms with Crippen LogP contribution in [0.15, 0.2) is 23.3 Å². The van der Waals surface area contributed by atoms with Crippen molar-refractivity contribution in [3.63, 3.8) is 0 Å². The standard InChI is InChI=1S/C26H38O6/c1-13-10-25-14(2)8-17-19(24(17,6)7)16(21(25)30)9-15(12-27)20(29)26(25,31)22(13)32-18(28)11-23(3,4)5/h9-10,14,16-17,19-20,22,27,29,31H,8,11-12H2,1-7H3/t14-,16+,17-,19+,20-,22+,25-,26+/m1/s1. The molecule has 0 aromatic carbocycles. The highest BCUT2D eigenvalue weighted by Crippen LogP contribution is 2.71. The largest absolute Gasteiger partial charge is 0.455 e. The number of allylic oxidation sites excluding steroid dienone is 1. The summed E-state index contributed by atoms with van der Waals surface area (Å²) in [5, 5.41) is 33.8. The van der Waals surface area contributed by atoms with E-state index in [1.54, 1.807) is 19.1 Å². The summed E-state index contributed by atoms with van der Waals surface area (Å²) in [5.41, 5.74) is -2.98. The first-order valence-electron chi connectivity index (χ1n) is 11.8. The van der Waals surface area contributed by atoms with Gasteiger partial charge in [0, 0.05) is 5.92 Å². The fraction of sp³-hybridized carbons (Fsp3) is 0.769. The van der Waals surface area contributed by atoms with Gasteiger partial charge in [-0.15, -0.1) is 0 Å². The summed E-state index contributed by atoms with van der Waals surface area (Å²) in [6, 6.07) is 0. The maximum atomic E-state index is 14.2. The van der Waals surface area contributed by atoms with Gasteiger partial charge in [0.2, 0.25) is 0 Å². The van der Waals surface area contributed by atoms with E-state index in [-0.39, 0.29) is 40.4 Å². The molecule has 2 fully saturated rings. The van der Waals surface area contributed by atoms with Crippen molar-refractivity contribution in [1.29, 1.82) is 0 Å². The smallest absolute Gasteiger partial charge is 0.307 e. The maximum Gasteiger partial charge on any atom is 0.307 e. The van der Waals surface area contributed by atoms with Crippen LogP contribution in [0, 0.1) is 39.9 Å². The third kappa shape index (κ3) is 2.95. The van der Waals surface area contributed by atoms with Crippen molar-refractivity contribution >= 4 is 11.8 Å². The number of ketones is 1. The van der Waals surface area contributed by atoms with Crippen LogP contribution in [-0.4, -0.2) is 51.5 Å². The molecular formula is C26H38O6. The summed E-state index contributed by atoms with van der Waals surface area (Å²) in [6.07, 6.45) is 1.65. The van der Waals surface area contributed by atoms with Crippen molar-refractivity contribution in [3.8, 4) is 0 Å². The van der Waals surface area contributed by atoms with Gasteiger partial charge in [-0.1, -0.05) is 53.7 Å². The number of rotatable bonds is 3. The third-order valence-corrected chi connectivity index (χ3v) is 8.82. The number of carbonyl (C=O) groups excluding carboxylic acids is 2. The highest BCUT2D eigenvalue weighted by atomic mass is 16.6. The van der Waals surface area contributed by atoms with Crippen LogP contribution in [-0.2, 0) is 14.3 Å². The molecule has 6 heteroatoms. The Morgan fingerprint density at radius 3 is 2.47 bits per heavy atom. The second-order valence-electron chi connectivity index (χ2n) is 12.5. The highest BCUT2D eigenvalue weighted by Gasteiger charge is 2.76. The topological polar surface area (TPSA) is 104 Å². The summed E-state index contributed by atoms with van der Waals surface area (Å²) in [7, 11) is 0. The van der Waals surface area contributed by atoms with Gasteiger partial charge in [-0.2, -0.15) is 0 Å². The van der Waals surface area contributed by atoms with E-state index >= 15 is 0 Å². The number of esters is 1. The Morgan fingerprint density at radius 2 is 1.91 bits per heavy atom. The number of carbonyl (C=O) groups is 2. The molecule has 0 saturated heterocycles. The van der Waals surface area contributed by atoms with Gasteiger partial charge in [0.1, 0.15) is 6.10 Å². The highest BCUT2D eigenvalue weighted by molar-refractivity contribution is 5.95. The molecule has 2 saturated carbocycles. The molecule has 0 aliphatic heterocycles. The van der Waals surface area contributed by atoms with Crippen LogP contribution < -0.4 is 0 Å². The van der Waals surface area contributed by atoms with Crippen molar-refractivity contribution in [3.05, 3.63) is 23.3 Å². The van der Waals surface area contributed by atoms with Gasteiger partial charge in [-0.3, -0.25) is 9.59 Å². The van der Waals surface area contributed by atoms with E-state index in [2.05, 4.69) is 13.8 Å². The molecule has 8 atom stereocenters. The lowest BCUT2D eigenvalue weighted by atomic mass is 9.59. The monoisotopic (exact) mass is 446 g/mol. The Morgan fingerprint density at radius 1 is 1.28 bits per heavy atom. The van der Waals surface area contributed by atoms with Crippen molar-refractivity contribution in [2.45, 2.75) is 79.1 Å². The molecule has 4 aliphatic carbocycles. The van der Waals surface area contributed by atoms with Gasteiger partial charge in [-0.25, -0.2) is 0 Å². The van der Waals surface area contributed by atoms with Crippen LogP contribution in [0.25, 0.3) is 0 Å². The van der Waals surface area contributed by atoms with Gasteiger partial charge in [0.25, 0.3) is 0 Å². The van der Waals surface area contributed by atoms with Gasteiger partial charge >= 0.3 is 5.97 Å². The fourth-order valence-electron chi connectivity index (χ4n) is 7.20. The number of Topliss-reactive ketones (excluding diaryl/α,β-unsaturated/α-hetero) is 1. The SMILES string of the molecule is CC1=C[C@@]23C(=O)[C@@H](C=C(CO)[C@@H](O)[C@]2(O)[C@H]1OC(=O)CC(C)(C)C)[C@H]1[C@@H](C[C@H]3C)C1(C)C. The lowest BCUT2D eigenvalue weighted by molar-refractivity contribution is -0.204. The van der Waals surface area contributed by atoms with Crippen LogP contribution in [0.3, 0.4) is 0 Å². The van der Waals surface area contributed by atoms with Crippen LogP contribution in [0.4, 0.5) is 0 Å². The van der Waals surface area contributed by atoms with Crippen molar-refractivity contribution in [1.82, 2.24) is 0 Å². The van der Waals surface area contributed by atoms with Crippen molar-refractivity contribution < 1.29 is 29.6 Å². The van der Waals surface area contributed by atoms with E-state index in [1.165, 1.54) is 0 Å². The van der Waals surface area contributed by atoms with Crippen LogP contribution in [0.2, 0.25) is 0 Å². The first-order valence-corrected chi connectivity index (χ1v) is 11.8. The Labute approximate surface area is 190 Å². The molecule has 3 N–H and O–H groups in total. The molecule has 32 heavy (non-hydrogen) atoms. The minimum absolute atomic E-state index is 0.0173. The normalized spacial score (nSPS) is 44.5. The molecule has 178 valence electrons. The Kier molecular flexibility index (Phi) is 5.17. The van der Waals surface area contributed by atoms with Crippen LogP contribution in [0.1, 0.15) is 61.3 Å². The molecule has 0 radical (unpaired) electrons. The molecule has 1 spiro atoms. The number of ether oxygens (including phenoxy) is 1. The average molecular weight is 447 g/mol. The maximum absolute atomic E-state index is 14.2. The summed E-state index contributed by atoms with van der Waals surface area (Å²) in [5.74, 6) is -0.968. The molecule has 6 nitrogen and oxygen atoms in total. The summed E-state index contributed by atoms with van der Waals surface area (Å²) >= 11 is 0. The second-order valence-corrected chi connectivity index (χ2v) is 12.5. The summed E-state index contributed by atoms with van der Waals surface area (Å²) in [4.78, 5) is 27.0. The van der Waals surface area contributed by atoms with Crippen LogP contribution in [0.5, 0.6) is 0 Å². The van der Waals surface area contributed by atoms with E-state index in [0.29, 0.717) is 11.5 Å². The van der Waals surface area contributed by atoms with E-state index in [1.807, 2.05) is 27.7 Å². The number of aliphatic hydroxyl groups excluding tert-OH is 2. The Balaban J connectivity index is 1.85. The zero-order valence-electron chi connectivity index (χ0n) is 20.3. The zero-order chi connectivity index (χ0) is 24.0. The minimum atomic E-state index is -2.06. The molecule has 0 heterocycles. The summed E-state index contributed by atoms with van der Waals surface area (Å²) < 4.78 is 5.82. The number of aliphatic hydroxyl groups is 3. The lowest BCUT2D eigenvalue weighted by Crippen LogP contribution is -2.65. The molecule has 4 aliphatic rings. The first-order chi connectivity index (χ1) is 14.6. The van der Waals surface area contributed by atoms with E-state index in [4.69, 9.17) is 4.74 Å². The molecule has 0 amide bonds. The Hall–Kier alpha value is -1.50.